The summed E-state index contributed by atoms with van der Waals surface area (Å²) in [6.45, 7) is 4.31. The van der Waals surface area contributed by atoms with Gasteiger partial charge in [-0.3, -0.25) is 4.79 Å². The van der Waals surface area contributed by atoms with Gasteiger partial charge in [-0.05, 0) is 12.1 Å². The number of hydrogen-bond donors (Lipinski definition) is 0. The first-order chi connectivity index (χ1) is 11.8. The Morgan fingerprint density at radius 2 is 1.84 bits per heavy atom. The first-order valence-electron chi connectivity index (χ1n) is 7.74. The Bertz CT molecular complexity index is 709. The van der Waals surface area contributed by atoms with E-state index >= 15 is 0 Å². The minimum atomic E-state index is -4.96. The lowest BCUT2D eigenvalue weighted by Crippen LogP contribution is -2.22. The number of ether oxygens (including phenoxy) is 2. The summed E-state index contributed by atoms with van der Waals surface area (Å²) in [5, 5.41) is 0.201. The van der Waals surface area contributed by atoms with Gasteiger partial charge in [0.1, 0.15) is 0 Å². The average molecular weight is 380 g/mol. The molecular weight excluding hydrogens is 359 g/mol. The Morgan fingerprint density at radius 3 is 2.36 bits per heavy atom. The molecular formula is C17H21ClF3NO3. The van der Waals surface area contributed by atoms with Gasteiger partial charge < -0.3 is 14.0 Å². The second-order valence-electron chi connectivity index (χ2n) is 4.89. The molecule has 0 aliphatic carbocycles. The molecule has 2 rings (SSSR count). The van der Waals surface area contributed by atoms with Crippen LogP contribution in [0, 0.1) is 0 Å². The third kappa shape index (κ3) is 4.96. The maximum Gasteiger partial charge on any atom is 0.454 e. The quantitative estimate of drug-likeness (QED) is 0.519. The van der Waals surface area contributed by atoms with Gasteiger partial charge in [-0.25, -0.2) is 0 Å². The fraction of sp³-hybridized carbons (Fsp3) is 0.471. The highest BCUT2D eigenvalue weighted by Gasteiger charge is 2.41. The van der Waals surface area contributed by atoms with Crippen molar-refractivity contribution >= 4 is 28.3 Å². The second kappa shape index (κ2) is 9.22. The van der Waals surface area contributed by atoms with Gasteiger partial charge in [0.05, 0.1) is 16.1 Å². The lowest BCUT2D eigenvalue weighted by Gasteiger charge is -2.14. The zero-order chi connectivity index (χ0) is 19.2. The SMILES string of the molecule is CC.COC(CCn1cc(C(=O)C(F)(F)F)c2c(Cl)cccc21)OC. The number of carbonyl (C=O) groups is 1. The lowest BCUT2D eigenvalue weighted by molar-refractivity contribution is -0.107. The fourth-order valence-electron chi connectivity index (χ4n) is 2.39. The number of benzene rings is 1. The van der Waals surface area contributed by atoms with E-state index in [1.807, 2.05) is 13.8 Å². The molecule has 0 saturated carbocycles. The molecule has 0 bridgehead atoms. The van der Waals surface area contributed by atoms with Crippen molar-refractivity contribution in [3.63, 3.8) is 0 Å². The molecule has 1 heterocycles. The zero-order valence-corrected chi connectivity index (χ0v) is 15.2. The summed E-state index contributed by atoms with van der Waals surface area (Å²) in [6.07, 6.45) is -3.87. The van der Waals surface area contributed by atoms with Gasteiger partial charge >= 0.3 is 6.18 Å². The van der Waals surface area contributed by atoms with Crippen molar-refractivity contribution in [1.29, 1.82) is 0 Å². The average Bonchev–Trinajstić information content (AvgIpc) is 2.96. The van der Waals surface area contributed by atoms with E-state index < -0.39 is 23.8 Å². The van der Waals surface area contributed by atoms with Crippen LogP contribution in [0.4, 0.5) is 13.2 Å². The predicted molar refractivity (Wildman–Crippen MR) is 91.1 cm³/mol. The van der Waals surface area contributed by atoms with Gasteiger partial charge in [-0.2, -0.15) is 13.2 Å². The van der Waals surface area contributed by atoms with Crippen molar-refractivity contribution < 1.29 is 27.4 Å². The van der Waals surface area contributed by atoms with Gasteiger partial charge in [0.15, 0.2) is 6.29 Å². The van der Waals surface area contributed by atoms with E-state index in [-0.39, 0.29) is 10.4 Å². The van der Waals surface area contributed by atoms with Crippen molar-refractivity contribution in [2.24, 2.45) is 0 Å². The van der Waals surface area contributed by atoms with Gasteiger partial charge in [0.2, 0.25) is 0 Å². The number of alkyl halides is 3. The highest BCUT2D eigenvalue weighted by atomic mass is 35.5. The maximum absolute atomic E-state index is 12.8. The number of aryl methyl sites for hydroxylation is 1. The summed E-state index contributed by atoms with van der Waals surface area (Å²) in [4.78, 5) is 11.6. The monoisotopic (exact) mass is 379 g/mol. The number of methoxy groups -OCH3 is 2. The summed E-state index contributed by atoms with van der Waals surface area (Å²) < 4.78 is 50.0. The molecule has 2 aromatic rings. The highest BCUT2D eigenvalue weighted by Crippen LogP contribution is 2.33. The Hall–Kier alpha value is -1.57. The van der Waals surface area contributed by atoms with Crippen LogP contribution in [0.5, 0.6) is 0 Å². The fourth-order valence-corrected chi connectivity index (χ4v) is 2.67. The Balaban J connectivity index is 0.00000151. The van der Waals surface area contributed by atoms with Crippen LogP contribution in [0.15, 0.2) is 24.4 Å². The number of fused-ring (bicyclic) bond motifs is 1. The number of rotatable bonds is 6. The van der Waals surface area contributed by atoms with E-state index in [1.165, 1.54) is 26.5 Å². The molecule has 1 aromatic carbocycles. The minimum Gasteiger partial charge on any atom is -0.356 e. The molecule has 0 radical (unpaired) electrons. The van der Waals surface area contributed by atoms with Crippen molar-refractivity contribution in [2.45, 2.75) is 39.3 Å². The van der Waals surface area contributed by atoms with E-state index in [1.54, 1.807) is 16.7 Å². The van der Waals surface area contributed by atoms with Gasteiger partial charge in [0, 0.05) is 38.8 Å². The van der Waals surface area contributed by atoms with Gasteiger partial charge in [-0.15, -0.1) is 0 Å². The van der Waals surface area contributed by atoms with Crippen LogP contribution in [0.3, 0.4) is 0 Å². The zero-order valence-electron chi connectivity index (χ0n) is 14.5. The third-order valence-electron chi connectivity index (χ3n) is 3.49. The lowest BCUT2D eigenvalue weighted by atomic mass is 10.1. The van der Waals surface area contributed by atoms with Crippen LogP contribution in [0.1, 0.15) is 30.6 Å². The third-order valence-corrected chi connectivity index (χ3v) is 3.80. The van der Waals surface area contributed by atoms with E-state index in [0.29, 0.717) is 18.5 Å². The molecule has 0 spiro atoms. The summed E-state index contributed by atoms with van der Waals surface area (Å²) in [5.41, 5.74) is 0.000500. The first kappa shape index (κ1) is 21.5. The van der Waals surface area contributed by atoms with Crippen LogP contribution in [-0.4, -0.2) is 37.0 Å². The molecule has 0 amide bonds. The van der Waals surface area contributed by atoms with E-state index in [2.05, 4.69) is 0 Å². The molecule has 0 aliphatic rings. The largest absolute Gasteiger partial charge is 0.454 e. The standard InChI is InChI=1S/C15H15ClF3NO3.C2H6/c1-22-12(23-2)6-7-20-8-9(14(21)15(17,18)19)13-10(16)4-3-5-11(13)20;1-2/h3-5,8,12H,6-7H2,1-2H3;1-2H3. The molecule has 0 saturated heterocycles. The maximum atomic E-state index is 12.8. The van der Waals surface area contributed by atoms with Crippen LogP contribution >= 0.6 is 11.6 Å². The molecule has 4 nitrogen and oxygen atoms in total. The van der Waals surface area contributed by atoms with Crippen molar-refractivity contribution in [1.82, 2.24) is 4.57 Å². The van der Waals surface area contributed by atoms with E-state index in [9.17, 15) is 18.0 Å². The Labute approximate surface area is 149 Å². The van der Waals surface area contributed by atoms with Crippen molar-refractivity contribution in [3.05, 3.63) is 35.0 Å². The number of ketones is 1. The van der Waals surface area contributed by atoms with E-state index in [0.717, 1.165) is 0 Å². The molecule has 8 heteroatoms. The number of Topliss-reactive ketones (excluding diaryl/α,β-unsaturated/α-hetero) is 1. The topological polar surface area (TPSA) is 40.5 Å². The summed E-state index contributed by atoms with van der Waals surface area (Å²) >= 11 is 6.00. The number of carbonyl (C=O) groups excluding carboxylic acids is 1. The molecule has 0 aliphatic heterocycles. The van der Waals surface area contributed by atoms with Gasteiger partial charge in [0.25, 0.3) is 5.78 Å². The first-order valence-corrected chi connectivity index (χ1v) is 8.11. The van der Waals surface area contributed by atoms with Crippen LogP contribution in [-0.2, 0) is 16.0 Å². The van der Waals surface area contributed by atoms with Crippen LogP contribution < -0.4 is 0 Å². The molecule has 1 aromatic heterocycles. The highest BCUT2D eigenvalue weighted by molar-refractivity contribution is 6.37. The number of hydrogen-bond acceptors (Lipinski definition) is 3. The number of nitrogens with zero attached hydrogens (tertiary/aromatic N) is 1. The molecule has 0 atom stereocenters. The summed E-state index contributed by atoms with van der Waals surface area (Å²) in [6, 6.07) is 4.69. The Morgan fingerprint density at radius 1 is 1.24 bits per heavy atom. The second-order valence-corrected chi connectivity index (χ2v) is 5.29. The Kier molecular flexibility index (Phi) is 7.92. The van der Waals surface area contributed by atoms with E-state index in [4.69, 9.17) is 21.1 Å². The normalized spacial score (nSPS) is 11.6. The minimum absolute atomic E-state index is 0.0999. The smallest absolute Gasteiger partial charge is 0.356 e. The molecule has 0 unspecified atom stereocenters. The molecule has 140 valence electrons. The summed E-state index contributed by atoms with van der Waals surface area (Å²) in [7, 11) is 2.94. The number of halogens is 4. The predicted octanol–water partition coefficient (Wildman–Crippen LogP) is 5.07. The van der Waals surface area contributed by atoms with Crippen LogP contribution in [0.25, 0.3) is 10.9 Å². The summed E-state index contributed by atoms with van der Waals surface area (Å²) in [5.74, 6) is -1.91. The molecule has 0 N–H and O–H groups in total. The van der Waals surface area contributed by atoms with Crippen molar-refractivity contribution in [3.8, 4) is 0 Å². The number of aromatic nitrogens is 1. The van der Waals surface area contributed by atoms with Crippen LogP contribution in [0.2, 0.25) is 5.02 Å². The molecule has 25 heavy (non-hydrogen) atoms. The van der Waals surface area contributed by atoms with Crippen molar-refractivity contribution in [2.75, 3.05) is 14.2 Å². The van der Waals surface area contributed by atoms with Gasteiger partial charge in [-0.1, -0.05) is 31.5 Å². The molecule has 0 fully saturated rings.